The minimum absolute atomic E-state index is 0.0164. The third-order valence-corrected chi connectivity index (χ3v) is 5.65. The minimum atomic E-state index is -0.612. The second-order valence-electron chi connectivity index (χ2n) is 6.76. The Morgan fingerprint density at radius 3 is 2.41 bits per heavy atom. The first-order valence-corrected chi connectivity index (χ1v) is 10.7. The molecule has 5 nitrogen and oxygen atoms in total. The molecular weight excluding hydrogens is 423 g/mol. The second-order valence-corrected chi connectivity index (χ2v) is 7.66. The number of nitrogens with one attached hydrogen (secondary N) is 1. The quantitative estimate of drug-likeness (QED) is 0.351. The van der Waals surface area contributed by atoms with Gasteiger partial charge >= 0.3 is 0 Å². The van der Waals surface area contributed by atoms with Crippen molar-refractivity contribution in [2.45, 2.75) is 13.8 Å². The molecule has 0 unspecified atom stereocenters. The molecule has 0 aliphatic heterocycles. The molecule has 0 saturated heterocycles. The molecule has 162 valence electrons. The number of hydrogen-bond donors (Lipinski definition) is 2. The number of carbonyl (C=O) groups excluding carboxylic acids is 1. The van der Waals surface area contributed by atoms with E-state index in [4.69, 9.17) is 5.73 Å². The van der Waals surface area contributed by atoms with Crippen molar-refractivity contribution in [2.24, 2.45) is 5.73 Å². The number of hydrogen-bond acceptors (Lipinski definition) is 5. The fourth-order valence-electron chi connectivity index (χ4n) is 3.12. The maximum atomic E-state index is 13.8. The smallest absolute Gasteiger partial charge is 0.258 e. The Kier molecular flexibility index (Phi) is 7.46. The van der Waals surface area contributed by atoms with Gasteiger partial charge in [-0.15, -0.1) is 11.3 Å². The van der Waals surface area contributed by atoms with E-state index in [-0.39, 0.29) is 11.1 Å². The van der Waals surface area contributed by atoms with Gasteiger partial charge in [0.2, 0.25) is 0 Å². The van der Waals surface area contributed by atoms with Crippen LogP contribution in [-0.2, 0) is 4.79 Å². The average Bonchev–Trinajstić information content (AvgIpc) is 3.36. The fourth-order valence-corrected chi connectivity index (χ4v) is 3.77. The number of halogens is 1. The lowest BCUT2D eigenvalue weighted by atomic mass is 9.98. The number of nitrogens with zero attached hydrogens (tertiary/aromatic N) is 2. The Morgan fingerprint density at radius 2 is 1.88 bits per heavy atom. The first-order chi connectivity index (χ1) is 15.5. The van der Waals surface area contributed by atoms with Crippen molar-refractivity contribution in [1.82, 2.24) is 9.97 Å². The molecule has 32 heavy (non-hydrogen) atoms. The predicted octanol–water partition coefficient (Wildman–Crippen LogP) is 5.87. The third-order valence-electron chi connectivity index (χ3n) is 4.83. The molecule has 0 radical (unpaired) electrons. The fraction of sp³-hybridized carbons (Fsp3) is 0.0800. The SMILES string of the molecule is C=C/C(F)=C(C)\C(=C/N)C(=O)Nc1ccc(/C(=C\C)c2ccc(-c3nccs3)cc2)cn1. The Morgan fingerprint density at radius 1 is 1.16 bits per heavy atom. The summed E-state index contributed by atoms with van der Waals surface area (Å²) in [6.45, 7) is 6.79. The van der Waals surface area contributed by atoms with E-state index in [1.807, 2.05) is 48.7 Å². The summed E-state index contributed by atoms with van der Waals surface area (Å²) in [5.41, 5.74) is 9.66. The monoisotopic (exact) mass is 446 g/mol. The number of pyridine rings is 1. The number of allylic oxidation sites excluding steroid dienone is 3. The lowest BCUT2D eigenvalue weighted by Crippen LogP contribution is -2.17. The van der Waals surface area contributed by atoms with Crippen molar-refractivity contribution in [3.05, 3.63) is 107 Å². The van der Waals surface area contributed by atoms with Gasteiger partial charge in [-0.1, -0.05) is 36.9 Å². The summed E-state index contributed by atoms with van der Waals surface area (Å²) < 4.78 is 13.8. The van der Waals surface area contributed by atoms with Gasteiger partial charge < -0.3 is 11.1 Å². The molecule has 0 atom stereocenters. The summed E-state index contributed by atoms with van der Waals surface area (Å²) in [5.74, 6) is -0.829. The van der Waals surface area contributed by atoms with E-state index in [2.05, 4.69) is 21.9 Å². The van der Waals surface area contributed by atoms with E-state index < -0.39 is 11.7 Å². The molecule has 0 fully saturated rings. The number of rotatable bonds is 7. The molecule has 7 heteroatoms. The van der Waals surface area contributed by atoms with Crippen LogP contribution >= 0.6 is 11.3 Å². The van der Waals surface area contributed by atoms with E-state index in [1.165, 1.54) is 6.92 Å². The van der Waals surface area contributed by atoms with Gasteiger partial charge in [0.05, 0.1) is 5.57 Å². The summed E-state index contributed by atoms with van der Waals surface area (Å²) >= 11 is 1.60. The summed E-state index contributed by atoms with van der Waals surface area (Å²) in [4.78, 5) is 21.1. The van der Waals surface area contributed by atoms with Crippen LogP contribution < -0.4 is 11.1 Å². The van der Waals surface area contributed by atoms with Gasteiger partial charge in [0.15, 0.2) is 0 Å². The first kappa shape index (κ1) is 22.8. The van der Waals surface area contributed by atoms with Gasteiger partial charge in [0.1, 0.15) is 16.7 Å². The highest BCUT2D eigenvalue weighted by Crippen LogP contribution is 2.28. The van der Waals surface area contributed by atoms with Crippen LogP contribution in [-0.4, -0.2) is 15.9 Å². The maximum Gasteiger partial charge on any atom is 0.258 e. The zero-order chi connectivity index (χ0) is 23.1. The standard InChI is InChI=1S/C25H23FN4OS/c1-4-20(17-6-8-18(9-7-17)25-28-12-13-32-25)19-10-11-23(29-15-19)30-24(31)21(14-27)16(3)22(26)5-2/h4-15H,2,27H2,1,3H3,(H,29,30,31)/b20-4-,21-14+,22-16+. The molecule has 1 amide bonds. The highest BCUT2D eigenvalue weighted by atomic mass is 32.1. The van der Waals surface area contributed by atoms with Gasteiger partial charge in [-0.25, -0.2) is 14.4 Å². The number of amides is 1. The molecule has 2 heterocycles. The zero-order valence-electron chi connectivity index (χ0n) is 17.8. The van der Waals surface area contributed by atoms with Gasteiger partial charge in [-0.05, 0) is 48.8 Å². The van der Waals surface area contributed by atoms with Crippen LogP contribution in [0.15, 0.2) is 96.1 Å². The molecule has 0 spiro atoms. The number of carbonyl (C=O) groups is 1. The number of nitrogens with two attached hydrogens (primary N) is 1. The third kappa shape index (κ3) is 5.07. The number of benzene rings is 1. The summed E-state index contributed by atoms with van der Waals surface area (Å²) in [5, 5.41) is 5.57. The molecule has 0 saturated carbocycles. The van der Waals surface area contributed by atoms with Crippen LogP contribution in [0.3, 0.4) is 0 Å². The molecular formula is C25H23FN4OS. The van der Waals surface area contributed by atoms with Crippen molar-refractivity contribution in [1.29, 1.82) is 0 Å². The molecule has 2 aromatic heterocycles. The number of anilines is 1. The van der Waals surface area contributed by atoms with Crippen molar-refractivity contribution >= 4 is 28.6 Å². The lowest BCUT2D eigenvalue weighted by molar-refractivity contribution is -0.112. The van der Waals surface area contributed by atoms with E-state index in [1.54, 1.807) is 29.8 Å². The van der Waals surface area contributed by atoms with Crippen LogP contribution in [0, 0.1) is 0 Å². The average molecular weight is 447 g/mol. The van der Waals surface area contributed by atoms with Gasteiger partial charge in [0.25, 0.3) is 5.91 Å². The Balaban J connectivity index is 1.77. The second kappa shape index (κ2) is 10.5. The summed E-state index contributed by atoms with van der Waals surface area (Å²) in [6.07, 6.45) is 7.57. The normalized spacial score (nSPS) is 12.8. The van der Waals surface area contributed by atoms with Gasteiger partial charge in [0, 0.05) is 35.1 Å². The predicted molar refractivity (Wildman–Crippen MR) is 129 cm³/mol. The number of thiazole rings is 1. The van der Waals surface area contributed by atoms with Crippen LogP contribution in [0.5, 0.6) is 0 Å². The maximum absolute atomic E-state index is 13.8. The summed E-state index contributed by atoms with van der Waals surface area (Å²) in [6, 6.07) is 11.7. The first-order valence-electron chi connectivity index (χ1n) is 9.84. The van der Waals surface area contributed by atoms with Crippen LogP contribution in [0.1, 0.15) is 25.0 Å². The molecule has 1 aromatic carbocycles. The van der Waals surface area contributed by atoms with Crippen molar-refractivity contribution in [3.8, 4) is 10.6 Å². The van der Waals surface area contributed by atoms with Gasteiger partial charge in [-0.3, -0.25) is 4.79 Å². The molecule has 0 aliphatic rings. The van der Waals surface area contributed by atoms with E-state index >= 15 is 0 Å². The van der Waals surface area contributed by atoms with Crippen molar-refractivity contribution in [3.63, 3.8) is 0 Å². The highest BCUT2D eigenvalue weighted by molar-refractivity contribution is 7.13. The zero-order valence-corrected chi connectivity index (χ0v) is 18.6. The highest BCUT2D eigenvalue weighted by Gasteiger charge is 2.15. The Labute approximate surface area is 190 Å². The van der Waals surface area contributed by atoms with E-state index in [0.29, 0.717) is 5.82 Å². The Hall–Kier alpha value is -3.84. The molecule has 0 aliphatic carbocycles. The van der Waals surface area contributed by atoms with E-state index in [0.717, 1.165) is 39.5 Å². The summed E-state index contributed by atoms with van der Waals surface area (Å²) in [7, 11) is 0. The van der Waals surface area contributed by atoms with Crippen LogP contribution in [0.25, 0.3) is 16.1 Å². The van der Waals surface area contributed by atoms with Crippen molar-refractivity contribution in [2.75, 3.05) is 5.32 Å². The van der Waals surface area contributed by atoms with Crippen LogP contribution in [0.2, 0.25) is 0 Å². The topological polar surface area (TPSA) is 80.9 Å². The number of aromatic nitrogens is 2. The van der Waals surface area contributed by atoms with Crippen LogP contribution in [0.4, 0.5) is 10.2 Å². The molecule has 3 rings (SSSR count). The Bertz CT molecular complexity index is 1190. The van der Waals surface area contributed by atoms with Crippen molar-refractivity contribution < 1.29 is 9.18 Å². The molecule has 3 aromatic rings. The van der Waals surface area contributed by atoms with E-state index in [9.17, 15) is 9.18 Å². The largest absolute Gasteiger partial charge is 0.404 e. The lowest BCUT2D eigenvalue weighted by Gasteiger charge is -2.11. The minimum Gasteiger partial charge on any atom is -0.404 e. The molecule has 3 N–H and O–H groups in total. The molecule has 0 bridgehead atoms. The van der Waals surface area contributed by atoms with Gasteiger partial charge in [-0.2, -0.15) is 0 Å².